The molecule has 2 aromatic heterocycles. The fourth-order valence-electron chi connectivity index (χ4n) is 3.84. The zero-order valence-corrected chi connectivity index (χ0v) is 13.2. The molecule has 2 fully saturated rings. The van der Waals surface area contributed by atoms with Gasteiger partial charge in [-0.3, -0.25) is 0 Å². The Labute approximate surface area is 131 Å². The van der Waals surface area contributed by atoms with Crippen molar-refractivity contribution in [1.82, 2.24) is 19.4 Å². The van der Waals surface area contributed by atoms with E-state index >= 15 is 0 Å². The summed E-state index contributed by atoms with van der Waals surface area (Å²) in [7, 11) is 2.24. The molecule has 0 radical (unpaired) electrons. The normalized spacial score (nSPS) is 26.8. The molecule has 2 unspecified atom stereocenters. The third kappa shape index (κ3) is 2.52. The van der Waals surface area contributed by atoms with Crippen molar-refractivity contribution in [3.63, 3.8) is 0 Å². The largest absolute Gasteiger partial charge is 0.379 e. The minimum Gasteiger partial charge on any atom is -0.379 e. The monoisotopic (exact) mass is 300 g/mol. The average Bonchev–Trinajstić information content (AvgIpc) is 3.16. The molecule has 4 rings (SSSR count). The summed E-state index contributed by atoms with van der Waals surface area (Å²) in [6.45, 7) is 2.84. The number of likely N-dealkylation sites (tertiary alicyclic amines) is 1. The van der Waals surface area contributed by atoms with E-state index in [-0.39, 0.29) is 0 Å². The van der Waals surface area contributed by atoms with Crippen LogP contribution < -0.4 is 0 Å². The molecule has 22 heavy (non-hydrogen) atoms. The number of likely N-dealkylation sites (N-methyl/N-ethyl adjacent to an activating group) is 1. The molecule has 118 valence electrons. The maximum absolute atomic E-state index is 5.61. The van der Waals surface area contributed by atoms with Gasteiger partial charge in [0, 0.05) is 25.3 Å². The fourth-order valence-corrected chi connectivity index (χ4v) is 3.84. The summed E-state index contributed by atoms with van der Waals surface area (Å²) in [5.41, 5.74) is 2.04. The zero-order chi connectivity index (χ0) is 14.9. The number of imidazole rings is 1. The first kappa shape index (κ1) is 14.2. The molecule has 0 saturated carbocycles. The fraction of sp³-hybridized carbons (Fsp3) is 0.647. The Morgan fingerprint density at radius 2 is 2.27 bits per heavy atom. The van der Waals surface area contributed by atoms with E-state index in [1.165, 1.54) is 31.6 Å². The Hall–Kier alpha value is -1.46. The number of nitrogens with zero attached hydrogens (tertiary/aromatic N) is 4. The predicted octanol–water partition coefficient (Wildman–Crippen LogP) is 2.42. The molecule has 2 aliphatic rings. The first-order valence-electron chi connectivity index (χ1n) is 8.43. The number of aromatic nitrogens is 3. The molecule has 5 heteroatoms. The van der Waals surface area contributed by atoms with Crippen LogP contribution >= 0.6 is 0 Å². The quantitative estimate of drug-likeness (QED) is 0.873. The summed E-state index contributed by atoms with van der Waals surface area (Å²) >= 11 is 0. The maximum atomic E-state index is 5.61. The van der Waals surface area contributed by atoms with E-state index in [2.05, 4.69) is 27.6 Å². The number of piperidine rings is 1. The summed E-state index contributed by atoms with van der Waals surface area (Å²) in [6.07, 6.45) is 7.88. The molecule has 2 aliphatic heterocycles. The number of rotatable bonds is 3. The van der Waals surface area contributed by atoms with Crippen molar-refractivity contribution in [3.8, 4) is 0 Å². The van der Waals surface area contributed by atoms with Crippen molar-refractivity contribution in [2.75, 3.05) is 26.8 Å². The second-order valence-electron chi connectivity index (χ2n) is 6.60. The molecule has 0 spiro atoms. The summed E-state index contributed by atoms with van der Waals surface area (Å²) in [4.78, 5) is 12.0. The van der Waals surface area contributed by atoms with E-state index in [0.29, 0.717) is 12.1 Å². The van der Waals surface area contributed by atoms with Crippen molar-refractivity contribution >= 4 is 11.2 Å². The van der Waals surface area contributed by atoms with Crippen LogP contribution in [0.2, 0.25) is 0 Å². The van der Waals surface area contributed by atoms with Gasteiger partial charge in [-0.1, -0.05) is 6.42 Å². The highest BCUT2D eigenvalue weighted by Crippen LogP contribution is 2.28. The Bertz CT molecular complexity index is 647. The van der Waals surface area contributed by atoms with Crippen molar-refractivity contribution in [2.45, 2.75) is 44.2 Å². The molecule has 0 amide bonds. The Morgan fingerprint density at radius 3 is 3.09 bits per heavy atom. The Balaban J connectivity index is 1.70. The molecule has 0 aromatic carbocycles. The summed E-state index contributed by atoms with van der Waals surface area (Å²) in [6, 6.07) is 5.04. The van der Waals surface area contributed by atoms with Gasteiger partial charge >= 0.3 is 0 Å². The predicted molar refractivity (Wildman–Crippen MR) is 86.0 cm³/mol. The van der Waals surface area contributed by atoms with Crippen LogP contribution in [-0.2, 0) is 11.2 Å². The van der Waals surface area contributed by atoms with Crippen LogP contribution in [0.1, 0.15) is 37.5 Å². The molecule has 2 aromatic rings. The highest BCUT2D eigenvalue weighted by molar-refractivity contribution is 5.71. The van der Waals surface area contributed by atoms with Gasteiger partial charge in [0.2, 0.25) is 0 Å². The minimum atomic E-state index is 0.392. The van der Waals surface area contributed by atoms with Gasteiger partial charge in [-0.25, -0.2) is 9.97 Å². The van der Waals surface area contributed by atoms with Gasteiger partial charge in [-0.05, 0) is 45.0 Å². The third-order valence-corrected chi connectivity index (χ3v) is 5.13. The number of hydrogen-bond donors (Lipinski definition) is 0. The van der Waals surface area contributed by atoms with Gasteiger partial charge in [0.15, 0.2) is 5.65 Å². The molecule has 0 N–H and O–H groups in total. The third-order valence-electron chi connectivity index (χ3n) is 5.13. The van der Waals surface area contributed by atoms with Crippen molar-refractivity contribution in [2.24, 2.45) is 0 Å². The zero-order valence-electron chi connectivity index (χ0n) is 13.2. The minimum absolute atomic E-state index is 0.392. The van der Waals surface area contributed by atoms with Gasteiger partial charge in [0.05, 0.1) is 12.6 Å². The first-order valence-corrected chi connectivity index (χ1v) is 8.43. The highest BCUT2D eigenvalue weighted by atomic mass is 16.5. The van der Waals surface area contributed by atoms with Crippen LogP contribution in [0.15, 0.2) is 18.3 Å². The smallest absolute Gasteiger partial charge is 0.160 e. The van der Waals surface area contributed by atoms with Gasteiger partial charge in [0.1, 0.15) is 11.3 Å². The molecule has 0 bridgehead atoms. The molecule has 4 heterocycles. The molecule has 0 aliphatic carbocycles. The van der Waals surface area contributed by atoms with Gasteiger partial charge < -0.3 is 14.2 Å². The van der Waals surface area contributed by atoms with Crippen LogP contribution in [0.25, 0.3) is 11.2 Å². The first-order chi connectivity index (χ1) is 10.8. The SMILES string of the molecule is CN1CCCCC1Cc1nc2cccnc2n1C1CCOC1. The van der Waals surface area contributed by atoms with E-state index in [0.717, 1.165) is 37.2 Å². The van der Waals surface area contributed by atoms with Crippen LogP contribution in [0.4, 0.5) is 0 Å². The summed E-state index contributed by atoms with van der Waals surface area (Å²) in [5, 5.41) is 0. The number of fused-ring (bicyclic) bond motifs is 1. The Kier molecular flexibility index (Phi) is 3.84. The Morgan fingerprint density at radius 1 is 1.32 bits per heavy atom. The second-order valence-corrected chi connectivity index (χ2v) is 6.60. The molecular weight excluding hydrogens is 276 g/mol. The van der Waals surface area contributed by atoms with Crippen LogP contribution in [0.3, 0.4) is 0 Å². The maximum Gasteiger partial charge on any atom is 0.160 e. The van der Waals surface area contributed by atoms with Gasteiger partial charge in [-0.15, -0.1) is 0 Å². The number of pyridine rings is 1. The lowest BCUT2D eigenvalue weighted by Gasteiger charge is -2.32. The number of ether oxygens (including phenoxy) is 1. The van der Waals surface area contributed by atoms with Crippen LogP contribution in [0, 0.1) is 0 Å². The van der Waals surface area contributed by atoms with Gasteiger partial charge in [-0.2, -0.15) is 0 Å². The lowest BCUT2D eigenvalue weighted by Crippen LogP contribution is -2.38. The van der Waals surface area contributed by atoms with Gasteiger partial charge in [0.25, 0.3) is 0 Å². The average molecular weight is 300 g/mol. The molecule has 2 atom stereocenters. The van der Waals surface area contributed by atoms with E-state index in [1.54, 1.807) is 0 Å². The van der Waals surface area contributed by atoms with E-state index in [4.69, 9.17) is 9.72 Å². The topological polar surface area (TPSA) is 43.2 Å². The van der Waals surface area contributed by atoms with E-state index in [9.17, 15) is 0 Å². The summed E-state index contributed by atoms with van der Waals surface area (Å²) < 4.78 is 7.96. The standard InChI is InChI=1S/C17H24N4O/c1-20-9-3-2-5-13(20)11-16-19-15-6-4-8-18-17(15)21(16)14-7-10-22-12-14/h4,6,8,13-14H,2-3,5,7,9-12H2,1H3. The van der Waals surface area contributed by atoms with E-state index in [1.807, 2.05) is 12.3 Å². The highest BCUT2D eigenvalue weighted by Gasteiger charge is 2.27. The van der Waals surface area contributed by atoms with Crippen molar-refractivity contribution in [3.05, 3.63) is 24.2 Å². The summed E-state index contributed by atoms with van der Waals surface area (Å²) in [5.74, 6) is 1.18. The van der Waals surface area contributed by atoms with Crippen molar-refractivity contribution in [1.29, 1.82) is 0 Å². The van der Waals surface area contributed by atoms with Crippen LogP contribution in [0.5, 0.6) is 0 Å². The molecule has 2 saturated heterocycles. The van der Waals surface area contributed by atoms with Crippen molar-refractivity contribution < 1.29 is 4.74 Å². The molecular formula is C17H24N4O. The lowest BCUT2D eigenvalue weighted by molar-refractivity contribution is 0.176. The second kappa shape index (κ2) is 5.97. The lowest BCUT2D eigenvalue weighted by atomic mass is 9.99. The molecule has 5 nitrogen and oxygen atoms in total. The van der Waals surface area contributed by atoms with E-state index < -0.39 is 0 Å². The number of hydrogen-bond acceptors (Lipinski definition) is 4. The van der Waals surface area contributed by atoms with Crippen LogP contribution in [-0.4, -0.2) is 52.3 Å².